The Hall–Kier alpha value is -1.84. The van der Waals surface area contributed by atoms with Gasteiger partial charge in [-0.3, -0.25) is 9.59 Å². The van der Waals surface area contributed by atoms with Crippen LogP contribution in [0.3, 0.4) is 0 Å². The van der Waals surface area contributed by atoms with Gasteiger partial charge in [0, 0.05) is 11.1 Å². The van der Waals surface area contributed by atoms with Crippen LogP contribution in [0.2, 0.25) is 0 Å². The highest BCUT2D eigenvalue weighted by molar-refractivity contribution is 5.82. The van der Waals surface area contributed by atoms with Crippen molar-refractivity contribution in [3.05, 3.63) is 22.8 Å². The molecular weight excluding hydrogens is 256 g/mol. The standard InChI is InChI=1S/C16H20O4/c1-10-5-4-6-13-15(10)12(8-17)7-14(16(13)19-3)20-9-11(2)18/h7-8,10H,4-6,9H2,1-3H3. The SMILES string of the molecule is COc1c(OCC(C)=O)cc(C=O)c2c1CCCC2C. The maximum atomic E-state index is 11.4. The summed E-state index contributed by atoms with van der Waals surface area (Å²) in [6.07, 6.45) is 3.88. The van der Waals surface area contributed by atoms with Gasteiger partial charge in [-0.15, -0.1) is 0 Å². The molecule has 1 aromatic carbocycles. The lowest BCUT2D eigenvalue weighted by molar-refractivity contribution is -0.118. The molecule has 1 aliphatic rings. The zero-order chi connectivity index (χ0) is 14.7. The van der Waals surface area contributed by atoms with Crippen LogP contribution in [0.25, 0.3) is 0 Å². The van der Waals surface area contributed by atoms with E-state index in [1.807, 2.05) is 0 Å². The molecule has 0 amide bonds. The van der Waals surface area contributed by atoms with Crippen LogP contribution in [0.1, 0.15) is 54.1 Å². The number of aldehydes is 1. The van der Waals surface area contributed by atoms with Crippen molar-refractivity contribution in [1.29, 1.82) is 0 Å². The molecule has 0 aliphatic heterocycles. The van der Waals surface area contributed by atoms with Gasteiger partial charge in [-0.2, -0.15) is 0 Å². The first kappa shape index (κ1) is 14.6. The lowest BCUT2D eigenvalue weighted by Gasteiger charge is -2.27. The minimum atomic E-state index is -0.0641. The third-order valence-electron chi connectivity index (χ3n) is 3.74. The molecule has 0 heterocycles. The summed E-state index contributed by atoms with van der Waals surface area (Å²) in [5.41, 5.74) is 2.76. The maximum Gasteiger partial charge on any atom is 0.167 e. The molecule has 2 rings (SSSR count). The predicted molar refractivity (Wildman–Crippen MR) is 75.9 cm³/mol. The fraction of sp³-hybridized carbons (Fsp3) is 0.500. The smallest absolute Gasteiger partial charge is 0.167 e. The first-order chi connectivity index (χ1) is 9.58. The van der Waals surface area contributed by atoms with Crippen molar-refractivity contribution in [3.8, 4) is 11.5 Å². The molecule has 0 saturated heterocycles. The number of ether oxygens (including phenoxy) is 2. The van der Waals surface area contributed by atoms with E-state index in [1.165, 1.54) is 6.92 Å². The normalized spacial score (nSPS) is 17.2. The van der Waals surface area contributed by atoms with Crippen molar-refractivity contribution in [3.63, 3.8) is 0 Å². The third-order valence-corrected chi connectivity index (χ3v) is 3.74. The second-order valence-corrected chi connectivity index (χ2v) is 5.29. The Kier molecular flexibility index (Phi) is 4.42. The Morgan fingerprint density at radius 2 is 2.25 bits per heavy atom. The van der Waals surface area contributed by atoms with Crippen molar-refractivity contribution in [2.45, 2.75) is 39.0 Å². The largest absolute Gasteiger partial charge is 0.493 e. The zero-order valence-electron chi connectivity index (χ0n) is 12.2. The summed E-state index contributed by atoms with van der Waals surface area (Å²) in [5, 5.41) is 0. The minimum absolute atomic E-state index is 0.0109. The van der Waals surface area contributed by atoms with E-state index < -0.39 is 0 Å². The second kappa shape index (κ2) is 6.07. The van der Waals surface area contributed by atoms with Crippen molar-refractivity contribution >= 4 is 12.1 Å². The molecule has 0 aromatic heterocycles. The van der Waals surface area contributed by atoms with E-state index in [1.54, 1.807) is 13.2 Å². The number of fused-ring (bicyclic) bond motifs is 1. The highest BCUT2D eigenvalue weighted by atomic mass is 16.5. The van der Waals surface area contributed by atoms with Crippen LogP contribution >= 0.6 is 0 Å². The number of hydrogen-bond acceptors (Lipinski definition) is 4. The van der Waals surface area contributed by atoms with E-state index >= 15 is 0 Å². The van der Waals surface area contributed by atoms with Gasteiger partial charge in [0.2, 0.25) is 0 Å². The first-order valence-electron chi connectivity index (χ1n) is 6.89. The fourth-order valence-corrected chi connectivity index (χ4v) is 2.90. The van der Waals surface area contributed by atoms with E-state index in [9.17, 15) is 9.59 Å². The monoisotopic (exact) mass is 276 g/mol. The van der Waals surface area contributed by atoms with Gasteiger partial charge in [-0.25, -0.2) is 0 Å². The Bertz CT molecular complexity index is 534. The molecule has 1 unspecified atom stereocenters. The molecule has 0 spiro atoms. The van der Waals surface area contributed by atoms with Crippen LogP contribution in [0.4, 0.5) is 0 Å². The van der Waals surface area contributed by atoms with E-state index in [4.69, 9.17) is 9.47 Å². The molecule has 0 saturated carbocycles. The average molecular weight is 276 g/mol. The summed E-state index contributed by atoms with van der Waals surface area (Å²) in [4.78, 5) is 22.4. The van der Waals surface area contributed by atoms with Crippen LogP contribution in [-0.4, -0.2) is 25.8 Å². The third kappa shape index (κ3) is 2.69. The van der Waals surface area contributed by atoms with Crippen LogP contribution in [0.15, 0.2) is 6.07 Å². The Balaban J connectivity index is 2.53. The molecule has 0 bridgehead atoms. The van der Waals surface area contributed by atoms with Crippen molar-refractivity contribution < 1.29 is 19.1 Å². The average Bonchev–Trinajstić information content (AvgIpc) is 2.43. The van der Waals surface area contributed by atoms with Crippen molar-refractivity contribution in [1.82, 2.24) is 0 Å². The summed E-state index contributed by atoms with van der Waals surface area (Å²) in [6.45, 7) is 3.58. The number of Topliss-reactive ketones (excluding diaryl/α,β-unsaturated/α-hetero) is 1. The van der Waals surface area contributed by atoms with E-state index in [-0.39, 0.29) is 12.4 Å². The maximum absolute atomic E-state index is 11.4. The molecule has 4 heteroatoms. The fourth-order valence-electron chi connectivity index (χ4n) is 2.90. The summed E-state index contributed by atoms with van der Waals surface area (Å²) < 4.78 is 11.0. The highest BCUT2D eigenvalue weighted by Crippen LogP contribution is 2.43. The number of ketones is 1. The number of methoxy groups -OCH3 is 1. The highest BCUT2D eigenvalue weighted by Gasteiger charge is 2.26. The van der Waals surface area contributed by atoms with Crippen molar-refractivity contribution in [2.75, 3.05) is 13.7 Å². The quantitative estimate of drug-likeness (QED) is 0.776. The predicted octanol–water partition coefficient (Wildman–Crippen LogP) is 2.92. The van der Waals surface area contributed by atoms with Crippen LogP contribution in [0, 0.1) is 0 Å². The molecule has 20 heavy (non-hydrogen) atoms. The summed E-state index contributed by atoms with van der Waals surface area (Å²) >= 11 is 0. The Morgan fingerprint density at radius 3 is 2.85 bits per heavy atom. The topological polar surface area (TPSA) is 52.6 Å². The lowest BCUT2D eigenvalue weighted by atomic mass is 9.80. The van der Waals surface area contributed by atoms with Gasteiger partial charge < -0.3 is 9.47 Å². The number of benzene rings is 1. The molecule has 0 fully saturated rings. The molecule has 108 valence electrons. The van der Waals surface area contributed by atoms with Crippen molar-refractivity contribution in [2.24, 2.45) is 0 Å². The number of hydrogen-bond donors (Lipinski definition) is 0. The summed E-state index contributed by atoms with van der Waals surface area (Å²) in [7, 11) is 1.59. The van der Waals surface area contributed by atoms with Gasteiger partial charge in [-0.1, -0.05) is 6.92 Å². The van der Waals surface area contributed by atoms with Gasteiger partial charge >= 0.3 is 0 Å². The first-order valence-corrected chi connectivity index (χ1v) is 6.89. The molecule has 1 aliphatic carbocycles. The van der Waals surface area contributed by atoms with E-state index in [0.29, 0.717) is 23.0 Å². The van der Waals surface area contributed by atoms with Gasteiger partial charge in [0.25, 0.3) is 0 Å². The number of carbonyl (C=O) groups excluding carboxylic acids is 2. The Labute approximate surface area is 119 Å². The van der Waals surface area contributed by atoms with Crippen LogP contribution < -0.4 is 9.47 Å². The molecule has 4 nitrogen and oxygen atoms in total. The Morgan fingerprint density at radius 1 is 1.50 bits per heavy atom. The van der Waals surface area contributed by atoms with E-state index in [0.717, 1.165) is 36.7 Å². The lowest BCUT2D eigenvalue weighted by Crippen LogP contribution is -2.14. The molecule has 0 radical (unpaired) electrons. The van der Waals surface area contributed by atoms with Crippen LogP contribution in [-0.2, 0) is 11.2 Å². The molecule has 1 aromatic rings. The van der Waals surface area contributed by atoms with Gasteiger partial charge in [0.15, 0.2) is 17.3 Å². The summed E-state index contributed by atoms with van der Waals surface area (Å²) in [5.74, 6) is 1.43. The number of rotatable bonds is 5. The molecular formula is C16H20O4. The van der Waals surface area contributed by atoms with E-state index in [2.05, 4.69) is 6.92 Å². The second-order valence-electron chi connectivity index (χ2n) is 5.29. The summed E-state index contributed by atoms with van der Waals surface area (Å²) in [6, 6.07) is 1.69. The molecule has 0 N–H and O–H groups in total. The minimum Gasteiger partial charge on any atom is -0.493 e. The van der Waals surface area contributed by atoms with Gasteiger partial charge in [-0.05, 0) is 43.7 Å². The zero-order valence-corrected chi connectivity index (χ0v) is 12.2. The molecule has 1 atom stereocenters. The van der Waals surface area contributed by atoms with Gasteiger partial charge in [0.1, 0.15) is 12.9 Å². The van der Waals surface area contributed by atoms with Gasteiger partial charge in [0.05, 0.1) is 7.11 Å². The van der Waals surface area contributed by atoms with Crippen LogP contribution in [0.5, 0.6) is 11.5 Å². The number of carbonyl (C=O) groups is 2.